The lowest BCUT2D eigenvalue weighted by Crippen LogP contribution is -2.22. The topological polar surface area (TPSA) is 59.6 Å². The summed E-state index contributed by atoms with van der Waals surface area (Å²) >= 11 is 0. The smallest absolute Gasteiger partial charge is 0.243 e. The molecular formula is C19H24N2O3. The van der Waals surface area contributed by atoms with E-state index in [1.807, 2.05) is 69.3 Å². The van der Waals surface area contributed by atoms with Crippen LogP contribution in [0.25, 0.3) is 0 Å². The zero-order valence-corrected chi connectivity index (χ0v) is 14.3. The molecule has 5 heteroatoms. The highest BCUT2D eigenvalue weighted by atomic mass is 16.5. The van der Waals surface area contributed by atoms with Crippen molar-refractivity contribution in [3.8, 4) is 11.5 Å². The van der Waals surface area contributed by atoms with Gasteiger partial charge in [0.15, 0.2) is 0 Å². The Hall–Kier alpha value is -2.69. The Labute approximate surface area is 143 Å². The van der Waals surface area contributed by atoms with Crippen molar-refractivity contribution < 1.29 is 14.3 Å². The third-order valence-corrected chi connectivity index (χ3v) is 3.12. The molecule has 2 aromatic carbocycles. The highest BCUT2D eigenvalue weighted by Crippen LogP contribution is 2.23. The molecule has 1 amide bonds. The molecule has 0 bridgehead atoms. The molecule has 2 N–H and O–H groups in total. The Morgan fingerprint density at radius 3 is 2.67 bits per heavy atom. The van der Waals surface area contributed by atoms with E-state index in [2.05, 4.69) is 10.6 Å². The molecule has 0 spiro atoms. The summed E-state index contributed by atoms with van der Waals surface area (Å²) in [5, 5.41) is 5.95. The fourth-order valence-electron chi connectivity index (χ4n) is 2.18. The Bertz CT molecular complexity index is 671. The van der Waals surface area contributed by atoms with E-state index in [0.29, 0.717) is 18.0 Å². The zero-order chi connectivity index (χ0) is 17.4. The van der Waals surface area contributed by atoms with Crippen LogP contribution in [0.15, 0.2) is 48.5 Å². The summed E-state index contributed by atoms with van der Waals surface area (Å²) < 4.78 is 11.1. The van der Waals surface area contributed by atoms with Crippen LogP contribution in [0, 0.1) is 0 Å². The molecule has 0 unspecified atom stereocenters. The second-order valence-corrected chi connectivity index (χ2v) is 5.53. The third-order valence-electron chi connectivity index (χ3n) is 3.12. The minimum Gasteiger partial charge on any atom is -0.492 e. The van der Waals surface area contributed by atoms with Gasteiger partial charge in [-0.05, 0) is 45.0 Å². The monoisotopic (exact) mass is 328 g/mol. The first-order valence-electron chi connectivity index (χ1n) is 8.10. The molecule has 2 rings (SSSR count). The lowest BCUT2D eigenvalue weighted by Gasteiger charge is -2.13. The summed E-state index contributed by atoms with van der Waals surface area (Å²) in [5.74, 6) is 1.30. The number of carbonyl (C=O) groups excluding carboxylic acids is 1. The van der Waals surface area contributed by atoms with Crippen LogP contribution in [0.5, 0.6) is 11.5 Å². The molecule has 2 aromatic rings. The number of hydrogen-bond acceptors (Lipinski definition) is 4. The second-order valence-electron chi connectivity index (χ2n) is 5.53. The van der Waals surface area contributed by atoms with Gasteiger partial charge in [-0.25, -0.2) is 0 Å². The van der Waals surface area contributed by atoms with Crippen molar-refractivity contribution in [3.63, 3.8) is 0 Å². The molecule has 0 aromatic heterocycles. The van der Waals surface area contributed by atoms with Gasteiger partial charge in [-0.1, -0.05) is 18.2 Å². The minimum atomic E-state index is -0.141. The number of rotatable bonds is 8. The molecule has 0 aliphatic carbocycles. The van der Waals surface area contributed by atoms with Crippen molar-refractivity contribution in [2.45, 2.75) is 26.9 Å². The van der Waals surface area contributed by atoms with Crippen LogP contribution in [0.2, 0.25) is 0 Å². The van der Waals surface area contributed by atoms with E-state index in [-0.39, 0.29) is 18.6 Å². The van der Waals surface area contributed by atoms with Crippen LogP contribution in [0.3, 0.4) is 0 Å². The van der Waals surface area contributed by atoms with E-state index in [9.17, 15) is 4.79 Å². The molecule has 0 radical (unpaired) electrons. The molecule has 0 heterocycles. The number of nitrogens with one attached hydrogen (secondary N) is 2. The molecule has 0 saturated heterocycles. The molecule has 0 fully saturated rings. The normalized spacial score (nSPS) is 10.3. The number of benzene rings is 2. The summed E-state index contributed by atoms with van der Waals surface area (Å²) in [7, 11) is 0. The summed E-state index contributed by atoms with van der Waals surface area (Å²) in [6.45, 7) is 6.57. The average molecular weight is 328 g/mol. The number of para-hydroxylation sites is 2. The number of hydrogen-bond donors (Lipinski definition) is 2. The van der Waals surface area contributed by atoms with Crippen molar-refractivity contribution >= 4 is 17.3 Å². The van der Waals surface area contributed by atoms with Crippen molar-refractivity contribution in [2.75, 3.05) is 23.8 Å². The Morgan fingerprint density at radius 1 is 1.12 bits per heavy atom. The van der Waals surface area contributed by atoms with Gasteiger partial charge in [-0.15, -0.1) is 0 Å². The predicted molar refractivity (Wildman–Crippen MR) is 96.9 cm³/mol. The largest absolute Gasteiger partial charge is 0.492 e. The maximum atomic E-state index is 12.1. The maximum Gasteiger partial charge on any atom is 0.243 e. The Morgan fingerprint density at radius 2 is 1.92 bits per heavy atom. The first-order chi connectivity index (χ1) is 11.6. The SMILES string of the molecule is CCOc1ccccc1NC(=O)CNc1cccc(OC(C)C)c1. The number of anilines is 2. The molecule has 0 atom stereocenters. The molecule has 0 aliphatic heterocycles. The van der Waals surface area contributed by atoms with Crippen molar-refractivity contribution in [1.29, 1.82) is 0 Å². The molecule has 24 heavy (non-hydrogen) atoms. The number of ether oxygens (including phenoxy) is 2. The standard InChI is InChI=1S/C19H24N2O3/c1-4-23-18-11-6-5-10-17(18)21-19(22)13-20-15-8-7-9-16(12-15)24-14(2)3/h5-12,14,20H,4,13H2,1-3H3,(H,21,22). The first-order valence-corrected chi connectivity index (χ1v) is 8.10. The van der Waals surface area contributed by atoms with Gasteiger partial charge in [0, 0.05) is 11.8 Å². The lowest BCUT2D eigenvalue weighted by atomic mass is 10.2. The van der Waals surface area contributed by atoms with Crippen molar-refractivity contribution in [3.05, 3.63) is 48.5 Å². The quantitative estimate of drug-likeness (QED) is 0.771. The fourth-order valence-corrected chi connectivity index (χ4v) is 2.18. The van der Waals surface area contributed by atoms with Gasteiger partial charge in [-0.3, -0.25) is 4.79 Å². The zero-order valence-electron chi connectivity index (χ0n) is 14.3. The van der Waals surface area contributed by atoms with Crippen LogP contribution in [0.4, 0.5) is 11.4 Å². The summed E-state index contributed by atoms with van der Waals surface area (Å²) in [5.41, 5.74) is 1.50. The first kappa shape index (κ1) is 17.7. The van der Waals surface area contributed by atoms with Crippen LogP contribution in [-0.2, 0) is 4.79 Å². The second kappa shape index (κ2) is 8.82. The average Bonchev–Trinajstić information content (AvgIpc) is 2.55. The van der Waals surface area contributed by atoms with Gasteiger partial charge in [-0.2, -0.15) is 0 Å². The molecule has 5 nitrogen and oxygen atoms in total. The third kappa shape index (κ3) is 5.50. The van der Waals surface area contributed by atoms with Gasteiger partial charge in [0.1, 0.15) is 11.5 Å². The van der Waals surface area contributed by atoms with Gasteiger partial charge < -0.3 is 20.1 Å². The van der Waals surface area contributed by atoms with Crippen LogP contribution in [0.1, 0.15) is 20.8 Å². The van der Waals surface area contributed by atoms with Crippen LogP contribution >= 0.6 is 0 Å². The lowest BCUT2D eigenvalue weighted by molar-refractivity contribution is -0.114. The summed E-state index contributed by atoms with van der Waals surface area (Å²) in [4.78, 5) is 12.1. The van der Waals surface area contributed by atoms with Gasteiger partial charge >= 0.3 is 0 Å². The highest BCUT2D eigenvalue weighted by Gasteiger charge is 2.07. The Kier molecular flexibility index (Phi) is 6.49. The van der Waals surface area contributed by atoms with E-state index >= 15 is 0 Å². The highest BCUT2D eigenvalue weighted by molar-refractivity contribution is 5.95. The molecule has 0 saturated carbocycles. The van der Waals surface area contributed by atoms with Gasteiger partial charge in [0.2, 0.25) is 5.91 Å². The Balaban J connectivity index is 1.92. The van der Waals surface area contributed by atoms with Crippen molar-refractivity contribution in [2.24, 2.45) is 0 Å². The molecule has 0 aliphatic rings. The van der Waals surface area contributed by atoms with Crippen LogP contribution in [-0.4, -0.2) is 25.2 Å². The van der Waals surface area contributed by atoms with E-state index < -0.39 is 0 Å². The van der Waals surface area contributed by atoms with Gasteiger partial charge in [0.05, 0.1) is 24.9 Å². The predicted octanol–water partition coefficient (Wildman–Crippen LogP) is 3.92. The summed E-state index contributed by atoms with van der Waals surface area (Å²) in [6, 6.07) is 14.9. The van der Waals surface area contributed by atoms with Crippen molar-refractivity contribution in [1.82, 2.24) is 0 Å². The van der Waals surface area contributed by atoms with E-state index in [1.165, 1.54) is 0 Å². The number of amides is 1. The minimum absolute atomic E-state index is 0.110. The van der Waals surface area contributed by atoms with E-state index in [0.717, 1.165) is 11.4 Å². The van der Waals surface area contributed by atoms with E-state index in [1.54, 1.807) is 0 Å². The van der Waals surface area contributed by atoms with Crippen LogP contribution < -0.4 is 20.1 Å². The van der Waals surface area contributed by atoms with Gasteiger partial charge in [0.25, 0.3) is 0 Å². The molecular weight excluding hydrogens is 304 g/mol. The van der Waals surface area contributed by atoms with E-state index in [4.69, 9.17) is 9.47 Å². The number of carbonyl (C=O) groups is 1. The summed E-state index contributed by atoms with van der Waals surface area (Å²) in [6.07, 6.45) is 0.110. The maximum absolute atomic E-state index is 12.1. The molecule has 128 valence electrons. The fraction of sp³-hybridized carbons (Fsp3) is 0.316.